The van der Waals surface area contributed by atoms with Crippen molar-refractivity contribution in [3.05, 3.63) is 34.9 Å². The van der Waals surface area contributed by atoms with Crippen LogP contribution >= 0.6 is 24.0 Å². The molecule has 1 amide bonds. The Bertz CT molecular complexity index is 492. The minimum absolute atomic E-state index is 0. The maximum Gasteiger partial charge on any atom is 0.226 e. The Labute approximate surface area is 137 Å². The van der Waals surface area contributed by atoms with Crippen molar-refractivity contribution in [1.29, 1.82) is 0 Å². The number of carbonyl (C=O) groups is 1. The predicted octanol–water partition coefficient (Wildman–Crippen LogP) is 3.55. The average molecular weight is 329 g/mol. The third-order valence-electron chi connectivity index (χ3n) is 4.61. The first-order valence-corrected chi connectivity index (χ1v) is 7.84. The fourth-order valence-corrected chi connectivity index (χ4v) is 3.66. The predicted molar refractivity (Wildman–Crippen MR) is 87.7 cm³/mol. The van der Waals surface area contributed by atoms with Gasteiger partial charge in [0.15, 0.2) is 0 Å². The van der Waals surface area contributed by atoms with Crippen LogP contribution in [0.5, 0.6) is 0 Å². The van der Waals surface area contributed by atoms with Gasteiger partial charge in [-0.05, 0) is 49.8 Å². The van der Waals surface area contributed by atoms with Gasteiger partial charge in [0, 0.05) is 23.5 Å². The van der Waals surface area contributed by atoms with Crippen molar-refractivity contribution in [2.24, 2.45) is 11.7 Å². The summed E-state index contributed by atoms with van der Waals surface area (Å²) in [5, 5.41) is 0.742. The van der Waals surface area contributed by atoms with Crippen LogP contribution in [0.1, 0.15) is 43.7 Å². The van der Waals surface area contributed by atoms with E-state index in [9.17, 15) is 4.79 Å². The lowest BCUT2D eigenvalue weighted by Crippen LogP contribution is -2.35. The largest absolute Gasteiger partial charge is 0.335 e. The van der Waals surface area contributed by atoms with Gasteiger partial charge >= 0.3 is 0 Å². The van der Waals surface area contributed by atoms with Crippen molar-refractivity contribution in [2.75, 3.05) is 6.54 Å². The van der Waals surface area contributed by atoms with Gasteiger partial charge in [0.25, 0.3) is 0 Å². The van der Waals surface area contributed by atoms with Gasteiger partial charge < -0.3 is 10.6 Å². The first-order chi connectivity index (χ1) is 9.65. The molecule has 21 heavy (non-hydrogen) atoms. The van der Waals surface area contributed by atoms with E-state index in [0.717, 1.165) is 43.7 Å². The van der Waals surface area contributed by atoms with Crippen molar-refractivity contribution in [3.8, 4) is 0 Å². The van der Waals surface area contributed by atoms with Crippen LogP contribution in [-0.4, -0.2) is 23.4 Å². The van der Waals surface area contributed by atoms with E-state index in [0.29, 0.717) is 5.91 Å². The molecule has 1 saturated carbocycles. The second kappa shape index (κ2) is 6.99. The summed E-state index contributed by atoms with van der Waals surface area (Å²) in [6.07, 6.45) is 4.91. The SMILES string of the molecule is Cl.NC1CCC(C(=O)N2CCCC2c2ccc(Cl)cc2)C1. The van der Waals surface area contributed by atoms with E-state index in [2.05, 4.69) is 4.90 Å². The Morgan fingerprint density at radius 1 is 1.19 bits per heavy atom. The third kappa shape index (κ3) is 3.53. The van der Waals surface area contributed by atoms with Gasteiger partial charge in [-0.1, -0.05) is 23.7 Å². The van der Waals surface area contributed by atoms with Gasteiger partial charge in [0.05, 0.1) is 6.04 Å². The van der Waals surface area contributed by atoms with Crippen molar-refractivity contribution in [2.45, 2.75) is 44.2 Å². The number of nitrogens with zero attached hydrogens (tertiary/aromatic N) is 1. The number of rotatable bonds is 2. The lowest BCUT2D eigenvalue weighted by atomic mass is 10.0. The summed E-state index contributed by atoms with van der Waals surface area (Å²) < 4.78 is 0. The minimum Gasteiger partial charge on any atom is -0.335 e. The highest BCUT2D eigenvalue weighted by Crippen LogP contribution is 2.36. The number of likely N-dealkylation sites (tertiary alicyclic amines) is 1. The third-order valence-corrected chi connectivity index (χ3v) is 4.87. The normalized spacial score (nSPS) is 28.5. The number of nitrogens with two attached hydrogens (primary N) is 1. The molecular formula is C16H22Cl2N2O. The molecule has 116 valence electrons. The van der Waals surface area contributed by atoms with E-state index in [1.165, 1.54) is 5.56 Å². The molecule has 1 aromatic rings. The topological polar surface area (TPSA) is 46.3 Å². The average Bonchev–Trinajstić information content (AvgIpc) is 3.07. The van der Waals surface area contributed by atoms with Gasteiger partial charge in [-0.3, -0.25) is 4.79 Å². The standard InChI is InChI=1S/C16H21ClN2O.ClH/c17-13-6-3-11(4-7-13)15-2-1-9-19(15)16(20)12-5-8-14(18)10-12;/h3-4,6-7,12,14-15H,1-2,5,8-10,18H2;1H. The molecule has 3 atom stereocenters. The number of benzene rings is 1. The molecule has 3 nitrogen and oxygen atoms in total. The van der Waals surface area contributed by atoms with Crippen molar-refractivity contribution in [3.63, 3.8) is 0 Å². The highest BCUT2D eigenvalue weighted by Gasteiger charge is 2.36. The van der Waals surface area contributed by atoms with Gasteiger partial charge in [0.2, 0.25) is 5.91 Å². The molecule has 2 aliphatic rings. The Morgan fingerprint density at radius 2 is 1.90 bits per heavy atom. The Balaban J connectivity index is 0.00000161. The number of hydrogen-bond donors (Lipinski definition) is 1. The van der Waals surface area contributed by atoms with E-state index in [1.54, 1.807) is 0 Å². The van der Waals surface area contributed by atoms with E-state index >= 15 is 0 Å². The van der Waals surface area contributed by atoms with E-state index < -0.39 is 0 Å². The second-order valence-corrected chi connectivity index (χ2v) is 6.45. The first kappa shape index (κ1) is 16.6. The highest BCUT2D eigenvalue weighted by molar-refractivity contribution is 6.30. The molecule has 1 aromatic carbocycles. The van der Waals surface area contributed by atoms with Crippen molar-refractivity contribution >= 4 is 29.9 Å². The van der Waals surface area contributed by atoms with E-state index in [4.69, 9.17) is 17.3 Å². The quantitative estimate of drug-likeness (QED) is 0.902. The fourth-order valence-electron chi connectivity index (χ4n) is 3.54. The molecule has 0 spiro atoms. The molecule has 1 heterocycles. The van der Waals surface area contributed by atoms with Crippen LogP contribution in [0, 0.1) is 5.92 Å². The summed E-state index contributed by atoms with van der Waals surface area (Å²) >= 11 is 5.94. The molecule has 1 saturated heterocycles. The summed E-state index contributed by atoms with van der Waals surface area (Å²) in [6.45, 7) is 0.873. The van der Waals surface area contributed by atoms with E-state index in [1.807, 2.05) is 24.3 Å². The summed E-state index contributed by atoms with van der Waals surface area (Å²) in [4.78, 5) is 14.7. The molecule has 1 aliphatic heterocycles. The summed E-state index contributed by atoms with van der Waals surface area (Å²) in [6, 6.07) is 8.32. The van der Waals surface area contributed by atoms with Crippen LogP contribution in [0.25, 0.3) is 0 Å². The molecule has 3 rings (SSSR count). The Kier molecular flexibility index (Phi) is 5.53. The number of hydrogen-bond acceptors (Lipinski definition) is 2. The molecule has 1 aliphatic carbocycles. The van der Waals surface area contributed by atoms with Crippen LogP contribution in [0.3, 0.4) is 0 Å². The van der Waals surface area contributed by atoms with Crippen LogP contribution in [0.4, 0.5) is 0 Å². The molecule has 0 radical (unpaired) electrons. The molecule has 0 aromatic heterocycles. The minimum atomic E-state index is 0. The van der Waals surface area contributed by atoms with Gasteiger partial charge in [-0.2, -0.15) is 0 Å². The maximum absolute atomic E-state index is 12.7. The zero-order valence-electron chi connectivity index (χ0n) is 12.0. The van der Waals surface area contributed by atoms with Crippen LogP contribution < -0.4 is 5.73 Å². The lowest BCUT2D eigenvalue weighted by Gasteiger charge is -2.28. The summed E-state index contributed by atoms with van der Waals surface area (Å²) in [5.41, 5.74) is 7.14. The first-order valence-electron chi connectivity index (χ1n) is 7.46. The molecule has 3 unspecified atom stereocenters. The van der Waals surface area contributed by atoms with Gasteiger partial charge in [0.1, 0.15) is 0 Å². The molecule has 2 fully saturated rings. The molecule has 0 bridgehead atoms. The summed E-state index contributed by atoms with van der Waals surface area (Å²) in [5.74, 6) is 0.438. The van der Waals surface area contributed by atoms with Gasteiger partial charge in [-0.25, -0.2) is 0 Å². The lowest BCUT2D eigenvalue weighted by molar-refractivity contribution is -0.136. The molecule has 5 heteroatoms. The van der Waals surface area contributed by atoms with Crippen LogP contribution in [-0.2, 0) is 4.79 Å². The smallest absolute Gasteiger partial charge is 0.226 e. The van der Waals surface area contributed by atoms with Crippen LogP contribution in [0.2, 0.25) is 5.02 Å². The van der Waals surface area contributed by atoms with Crippen LogP contribution in [0.15, 0.2) is 24.3 Å². The van der Waals surface area contributed by atoms with Crippen molar-refractivity contribution in [1.82, 2.24) is 4.90 Å². The van der Waals surface area contributed by atoms with Gasteiger partial charge in [-0.15, -0.1) is 12.4 Å². The Morgan fingerprint density at radius 3 is 2.52 bits per heavy atom. The maximum atomic E-state index is 12.7. The van der Waals surface area contributed by atoms with Crippen molar-refractivity contribution < 1.29 is 4.79 Å². The summed E-state index contributed by atoms with van der Waals surface area (Å²) in [7, 11) is 0. The Hall–Kier alpha value is -0.770. The monoisotopic (exact) mass is 328 g/mol. The zero-order chi connectivity index (χ0) is 14.1. The second-order valence-electron chi connectivity index (χ2n) is 6.01. The zero-order valence-corrected chi connectivity index (χ0v) is 13.6. The number of amides is 1. The fraction of sp³-hybridized carbons (Fsp3) is 0.562. The highest BCUT2D eigenvalue weighted by atomic mass is 35.5. The molecular weight excluding hydrogens is 307 g/mol. The molecule has 2 N–H and O–H groups in total. The number of halogens is 2. The number of carbonyl (C=O) groups excluding carboxylic acids is 1. The van der Waals surface area contributed by atoms with E-state index in [-0.39, 0.29) is 30.4 Å².